The van der Waals surface area contributed by atoms with Gasteiger partial charge in [0.2, 0.25) is 0 Å². The number of nitrogens with zero attached hydrogens (tertiary/aromatic N) is 1. The Balaban J connectivity index is 1.35. The van der Waals surface area contributed by atoms with Crippen molar-refractivity contribution in [3.8, 4) is 11.1 Å². The molecule has 2 heterocycles. The lowest BCUT2D eigenvalue weighted by atomic mass is 9.95. The van der Waals surface area contributed by atoms with Gasteiger partial charge in [-0.1, -0.05) is 115 Å². The molecule has 0 saturated heterocycles. The summed E-state index contributed by atoms with van der Waals surface area (Å²) in [5.41, 5.74) is 8.74. The highest BCUT2D eigenvalue weighted by atomic mass is 16.3. The predicted octanol–water partition coefficient (Wildman–Crippen LogP) is 12.9. The fourth-order valence-corrected chi connectivity index (χ4v) is 7.31. The highest BCUT2D eigenvalue weighted by Crippen LogP contribution is 2.48. The van der Waals surface area contributed by atoms with Crippen molar-refractivity contribution < 1.29 is 8.83 Å². The minimum Gasteiger partial charge on any atom is -0.456 e. The van der Waals surface area contributed by atoms with Crippen molar-refractivity contribution in [2.45, 2.75) is 0 Å². The van der Waals surface area contributed by atoms with Crippen LogP contribution in [-0.4, -0.2) is 0 Å². The van der Waals surface area contributed by atoms with Crippen LogP contribution < -0.4 is 4.90 Å². The second kappa shape index (κ2) is 10.1. The lowest BCUT2D eigenvalue weighted by Crippen LogP contribution is -2.10. The number of para-hydroxylation sites is 2. The van der Waals surface area contributed by atoms with E-state index in [2.05, 4.69) is 157 Å². The zero-order valence-electron chi connectivity index (χ0n) is 25.4. The minimum atomic E-state index is 0.842. The van der Waals surface area contributed by atoms with Gasteiger partial charge in [0.25, 0.3) is 0 Å². The Morgan fingerprint density at radius 3 is 1.74 bits per heavy atom. The summed E-state index contributed by atoms with van der Waals surface area (Å²) in [6.07, 6.45) is 0. The topological polar surface area (TPSA) is 29.5 Å². The second-order valence-electron chi connectivity index (χ2n) is 12.1. The van der Waals surface area contributed by atoms with Crippen molar-refractivity contribution >= 4 is 82.5 Å². The van der Waals surface area contributed by atoms with Gasteiger partial charge in [-0.15, -0.1) is 0 Å². The van der Waals surface area contributed by atoms with Crippen LogP contribution in [0.5, 0.6) is 0 Å². The molecule has 0 N–H and O–H groups in total. The second-order valence-corrected chi connectivity index (χ2v) is 12.1. The standard InChI is InChI=1S/C44H27NO2/c1-3-13-28(14-4-1)29-25-38-42-36-20-9-7-17-32(36)33-18-8-10-21-37(33)44(42)47-43(38)39(26-29)45(30-15-5-2-6-16-30)31-23-24-35-34-19-11-12-22-40(34)46-41(35)27-31/h1-27H. The molecular formula is C44H27NO2. The Bertz CT molecular complexity index is 2790. The number of furan rings is 2. The van der Waals surface area contributed by atoms with Crippen LogP contribution in [0.15, 0.2) is 173 Å². The van der Waals surface area contributed by atoms with Gasteiger partial charge >= 0.3 is 0 Å². The van der Waals surface area contributed by atoms with Gasteiger partial charge in [0.1, 0.15) is 16.7 Å². The molecule has 0 atom stereocenters. The summed E-state index contributed by atoms with van der Waals surface area (Å²) >= 11 is 0. The van der Waals surface area contributed by atoms with Gasteiger partial charge in [0.15, 0.2) is 5.58 Å². The normalized spacial score (nSPS) is 11.8. The molecule has 8 aromatic carbocycles. The molecule has 0 bridgehead atoms. The molecule has 0 amide bonds. The van der Waals surface area contributed by atoms with E-state index in [1.54, 1.807) is 0 Å². The third kappa shape index (κ3) is 3.93. The molecule has 47 heavy (non-hydrogen) atoms. The van der Waals surface area contributed by atoms with Crippen LogP contribution >= 0.6 is 0 Å². The molecule has 0 fully saturated rings. The van der Waals surface area contributed by atoms with Gasteiger partial charge in [0, 0.05) is 38.7 Å². The van der Waals surface area contributed by atoms with E-state index in [0.29, 0.717) is 0 Å². The van der Waals surface area contributed by atoms with Crippen LogP contribution in [0.4, 0.5) is 17.1 Å². The molecule has 0 aliphatic rings. The number of anilines is 3. The summed E-state index contributed by atoms with van der Waals surface area (Å²) < 4.78 is 13.5. The van der Waals surface area contributed by atoms with Crippen LogP contribution in [0, 0.1) is 0 Å². The van der Waals surface area contributed by atoms with Gasteiger partial charge in [-0.2, -0.15) is 0 Å². The van der Waals surface area contributed by atoms with Crippen LogP contribution in [0.2, 0.25) is 0 Å². The number of fused-ring (bicyclic) bond motifs is 11. The summed E-state index contributed by atoms with van der Waals surface area (Å²) in [6.45, 7) is 0. The van der Waals surface area contributed by atoms with E-state index >= 15 is 0 Å². The number of hydrogen-bond donors (Lipinski definition) is 0. The third-order valence-corrected chi connectivity index (χ3v) is 9.41. The maximum absolute atomic E-state index is 7.09. The average molecular weight is 602 g/mol. The maximum atomic E-state index is 7.09. The van der Waals surface area contributed by atoms with E-state index in [1.165, 1.54) is 16.2 Å². The van der Waals surface area contributed by atoms with E-state index < -0.39 is 0 Å². The molecule has 0 aliphatic carbocycles. The Morgan fingerprint density at radius 1 is 0.340 bits per heavy atom. The summed E-state index contributed by atoms with van der Waals surface area (Å²) in [4.78, 5) is 2.30. The van der Waals surface area contributed by atoms with E-state index in [9.17, 15) is 0 Å². The zero-order valence-corrected chi connectivity index (χ0v) is 25.4. The molecule has 10 aromatic rings. The molecule has 0 unspecified atom stereocenters. The molecule has 3 heteroatoms. The van der Waals surface area contributed by atoms with Gasteiger partial charge in [0.05, 0.1) is 11.4 Å². The van der Waals surface area contributed by atoms with Crippen molar-refractivity contribution in [2.24, 2.45) is 0 Å². The Labute approximate surface area is 270 Å². The van der Waals surface area contributed by atoms with Gasteiger partial charge < -0.3 is 13.7 Å². The highest BCUT2D eigenvalue weighted by molar-refractivity contribution is 6.31. The largest absolute Gasteiger partial charge is 0.456 e. The van der Waals surface area contributed by atoms with Crippen molar-refractivity contribution in [3.63, 3.8) is 0 Å². The lowest BCUT2D eigenvalue weighted by Gasteiger charge is -2.26. The van der Waals surface area contributed by atoms with E-state index in [4.69, 9.17) is 8.83 Å². The average Bonchev–Trinajstić information content (AvgIpc) is 3.72. The van der Waals surface area contributed by atoms with Crippen molar-refractivity contribution in [3.05, 3.63) is 164 Å². The van der Waals surface area contributed by atoms with Gasteiger partial charge in [-0.3, -0.25) is 0 Å². The first-order valence-electron chi connectivity index (χ1n) is 15.9. The molecule has 3 nitrogen and oxygen atoms in total. The quantitative estimate of drug-likeness (QED) is 0.188. The fourth-order valence-electron chi connectivity index (χ4n) is 7.31. The van der Waals surface area contributed by atoms with Crippen molar-refractivity contribution in [2.75, 3.05) is 4.90 Å². The lowest BCUT2D eigenvalue weighted by molar-refractivity contribution is 0.668. The van der Waals surface area contributed by atoms with E-state index in [-0.39, 0.29) is 0 Å². The van der Waals surface area contributed by atoms with E-state index in [0.717, 1.165) is 77.5 Å². The predicted molar refractivity (Wildman–Crippen MR) is 196 cm³/mol. The SMILES string of the molecule is c1ccc(-c2cc(N(c3ccccc3)c3ccc4c(c3)oc3ccccc34)c3oc4c5ccccc5c5ccccc5c4c3c2)cc1. The van der Waals surface area contributed by atoms with Crippen molar-refractivity contribution in [1.29, 1.82) is 0 Å². The number of hydrogen-bond acceptors (Lipinski definition) is 3. The van der Waals surface area contributed by atoms with Crippen LogP contribution in [-0.2, 0) is 0 Å². The molecule has 2 aromatic heterocycles. The summed E-state index contributed by atoms with van der Waals surface area (Å²) in [5.74, 6) is 0. The molecule has 0 saturated carbocycles. The smallest absolute Gasteiger partial charge is 0.159 e. The van der Waals surface area contributed by atoms with E-state index in [1.807, 2.05) is 12.1 Å². The molecule has 220 valence electrons. The van der Waals surface area contributed by atoms with Gasteiger partial charge in [-0.05, 0) is 69.8 Å². The first-order chi connectivity index (χ1) is 23.3. The molecule has 0 radical (unpaired) electrons. The summed E-state index contributed by atoms with van der Waals surface area (Å²) in [6, 6.07) is 57.7. The van der Waals surface area contributed by atoms with Crippen LogP contribution in [0.3, 0.4) is 0 Å². The molecule has 0 aliphatic heterocycles. The van der Waals surface area contributed by atoms with Crippen molar-refractivity contribution in [1.82, 2.24) is 0 Å². The minimum absolute atomic E-state index is 0.842. The first kappa shape index (κ1) is 26.0. The Hall–Kier alpha value is -6.32. The zero-order chi connectivity index (χ0) is 30.9. The number of benzene rings is 8. The van der Waals surface area contributed by atoms with Crippen LogP contribution in [0.1, 0.15) is 0 Å². The maximum Gasteiger partial charge on any atom is 0.159 e. The molecular weight excluding hydrogens is 574 g/mol. The monoisotopic (exact) mass is 601 g/mol. The molecule has 10 rings (SSSR count). The Kier molecular flexibility index (Phi) is 5.57. The molecule has 0 spiro atoms. The fraction of sp³-hybridized carbons (Fsp3) is 0. The van der Waals surface area contributed by atoms with Gasteiger partial charge in [-0.25, -0.2) is 0 Å². The Morgan fingerprint density at radius 2 is 0.957 bits per heavy atom. The van der Waals surface area contributed by atoms with Crippen LogP contribution in [0.25, 0.3) is 76.5 Å². The first-order valence-corrected chi connectivity index (χ1v) is 15.9. The highest BCUT2D eigenvalue weighted by Gasteiger charge is 2.24. The summed E-state index contributed by atoms with van der Waals surface area (Å²) in [5, 5.41) is 9.14. The third-order valence-electron chi connectivity index (χ3n) is 9.41. The summed E-state index contributed by atoms with van der Waals surface area (Å²) in [7, 11) is 0. The number of rotatable bonds is 4.